The molecule has 0 aliphatic carbocycles. The van der Waals surface area contributed by atoms with E-state index in [9.17, 15) is 0 Å². The zero-order valence-corrected chi connectivity index (χ0v) is 12.5. The van der Waals surface area contributed by atoms with Crippen molar-refractivity contribution in [3.8, 4) is 11.5 Å². The van der Waals surface area contributed by atoms with Crippen molar-refractivity contribution in [3.05, 3.63) is 65.7 Å². The highest BCUT2D eigenvalue weighted by molar-refractivity contribution is 5.50. The minimum absolute atomic E-state index is 0.264. The number of hydrogen-bond donors (Lipinski definition) is 1. The molecule has 110 valence electrons. The van der Waals surface area contributed by atoms with Crippen molar-refractivity contribution >= 4 is 6.08 Å². The summed E-state index contributed by atoms with van der Waals surface area (Å²) in [6.07, 6.45) is 4.67. The molecule has 0 aromatic heterocycles. The van der Waals surface area contributed by atoms with Crippen molar-refractivity contribution in [1.29, 1.82) is 0 Å². The molecule has 0 fully saturated rings. The quantitative estimate of drug-likeness (QED) is 0.743. The fraction of sp³-hybridized carbons (Fsp3) is 0.263. The molecule has 2 nitrogen and oxygen atoms in total. The summed E-state index contributed by atoms with van der Waals surface area (Å²) in [6.45, 7) is 6.13. The first kappa shape index (κ1) is 15.3. The third-order valence-corrected chi connectivity index (χ3v) is 3.50. The number of unbranched alkanes of at least 4 members (excludes halogenated alkanes) is 1. The Hall–Kier alpha value is -2.06. The van der Waals surface area contributed by atoms with Crippen LogP contribution < -0.4 is 4.74 Å². The number of rotatable bonds is 7. The maximum absolute atomic E-state index is 8.84. The molecule has 0 aliphatic heterocycles. The number of benzene rings is 2. The number of hydrogen-bond acceptors (Lipinski definition) is 2. The first-order valence-electron chi connectivity index (χ1n) is 7.33. The van der Waals surface area contributed by atoms with Gasteiger partial charge in [-0.05, 0) is 67.1 Å². The number of ether oxygens (including phenoxy) is 1. The molecule has 0 bridgehead atoms. The topological polar surface area (TPSA) is 29.5 Å². The number of aliphatic hydroxyl groups is 1. The SMILES string of the molecule is C=Cc1cccc(Oc2ccc(CCCCO)c(C)c2)c1. The van der Waals surface area contributed by atoms with E-state index in [-0.39, 0.29) is 6.61 Å². The molecule has 2 aromatic carbocycles. The summed E-state index contributed by atoms with van der Waals surface area (Å²) >= 11 is 0. The van der Waals surface area contributed by atoms with Crippen LogP contribution in [0.25, 0.3) is 6.08 Å². The molecule has 0 spiro atoms. The summed E-state index contributed by atoms with van der Waals surface area (Å²) in [6, 6.07) is 14.0. The van der Waals surface area contributed by atoms with E-state index >= 15 is 0 Å². The van der Waals surface area contributed by atoms with E-state index < -0.39 is 0 Å². The lowest BCUT2D eigenvalue weighted by Gasteiger charge is -2.10. The highest BCUT2D eigenvalue weighted by Gasteiger charge is 2.03. The van der Waals surface area contributed by atoms with Crippen molar-refractivity contribution in [2.75, 3.05) is 6.61 Å². The summed E-state index contributed by atoms with van der Waals surface area (Å²) in [5.41, 5.74) is 3.59. The molecular formula is C19H22O2. The summed E-state index contributed by atoms with van der Waals surface area (Å²) < 4.78 is 5.89. The van der Waals surface area contributed by atoms with Crippen LogP contribution in [-0.2, 0) is 6.42 Å². The molecule has 0 saturated carbocycles. The predicted octanol–water partition coefficient (Wildman–Crippen LogP) is 4.75. The van der Waals surface area contributed by atoms with E-state index in [0.717, 1.165) is 36.3 Å². The largest absolute Gasteiger partial charge is 0.457 e. The molecule has 2 rings (SSSR count). The van der Waals surface area contributed by atoms with Crippen LogP contribution in [0.5, 0.6) is 11.5 Å². The summed E-state index contributed by atoms with van der Waals surface area (Å²) in [5.74, 6) is 1.67. The van der Waals surface area contributed by atoms with Crippen LogP contribution >= 0.6 is 0 Å². The number of aryl methyl sites for hydroxylation is 2. The third-order valence-electron chi connectivity index (χ3n) is 3.50. The van der Waals surface area contributed by atoms with Gasteiger partial charge in [0.1, 0.15) is 11.5 Å². The summed E-state index contributed by atoms with van der Waals surface area (Å²) in [7, 11) is 0. The Kier molecular flexibility index (Phi) is 5.59. The minimum atomic E-state index is 0.264. The Morgan fingerprint density at radius 2 is 1.90 bits per heavy atom. The Labute approximate surface area is 126 Å². The van der Waals surface area contributed by atoms with Crippen LogP contribution in [0.1, 0.15) is 29.5 Å². The highest BCUT2D eigenvalue weighted by Crippen LogP contribution is 2.25. The molecule has 0 unspecified atom stereocenters. The zero-order chi connectivity index (χ0) is 15.1. The number of aliphatic hydroxyl groups excluding tert-OH is 1. The second-order valence-electron chi connectivity index (χ2n) is 5.15. The van der Waals surface area contributed by atoms with Gasteiger partial charge in [0, 0.05) is 6.61 Å². The molecule has 21 heavy (non-hydrogen) atoms. The Morgan fingerprint density at radius 1 is 1.10 bits per heavy atom. The van der Waals surface area contributed by atoms with Gasteiger partial charge in [0.25, 0.3) is 0 Å². The van der Waals surface area contributed by atoms with Gasteiger partial charge in [-0.1, -0.05) is 30.9 Å². The fourth-order valence-corrected chi connectivity index (χ4v) is 2.28. The van der Waals surface area contributed by atoms with Gasteiger partial charge in [0.2, 0.25) is 0 Å². The van der Waals surface area contributed by atoms with Crippen LogP contribution in [0, 0.1) is 6.92 Å². The molecule has 0 radical (unpaired) electrons. The molecule has 0 atom stereocenters. The Balaban J connectivity index is 2.07. The van der Waals surface area contributed by atoms with Crippen molar-refractivity contribution in [2.45, 2.75) is 26.2 Å². The van der Waals surface area contributed by atoms with Crippen LogP contribution in [-0.4, -0.2) is 11.7 Å². The van der Waals surface area contributed by atoms with Gasteiger partial charge < -0.3 is 9.84 Å². The van der Waals surface area contributed by atoms with E-state index in [0.29, 0.717) is 0 Å². The molecule has 2 aromatic rings. The first-order chi connectivity index (χ1) is 10.2. The minimum Gasteiger partial charge on any atom is -0.457 e. The third kappa shape index (κ3) is 4.47. The standard InChI is InChI=1S/C19H22O2/c1-3-16-7-6-9-18(14-16)21-19-11-10-17(15(2)13-19)8-4-5-12-20/h3,6-7,9-11,13-14,20H,1,4-5,8,12H2,2H3. The summed E-state index contributed by atoms with van der Waals surface area (Å²) in [5, 5.41) is 8.84. The van der Waals surface area contributed by atoms with Crippen LogP contribution in [0.4, 0.5) is 0 Å². The molecule has 2 heteroatoms. The van der Waals surface area contributed by atoms with Gasteiger partial charge in [-0.3, -0.25) is 0 Å². The molecule has 0 saturated heterocycles. The normalized spacial score (nSPS) is 10.4. The average molecular weight is 282 g/mol. The van der Waals surface area contributed by atoms with E-state index in [2.05, 4.69) is 25.6 Å². The molecule has 0 amide bonds. The predicted molar refractivity (Wildman–Crippen MR) is 87.8 cm³/mol. The van der Waals surface area contributed by atoms with Gasteiger partial charge in [-0.15, -0.1) is 0 Å². The van der Waals surface area contributed by atoms with Gasteiger partial charge in [0.05, 0.1) is 0 Å². The van der Waals surface area contributed by atoms with Crippen molar-refractivity contribution < 1.29 is 9.84 Å². The monoisotopic (exact) mass is 282 g/mol. The average Bonchev–Trinajstić information content (AvgIpc) is 2.50. The van der Waals surface area contributed by atoms with Crippen LogP contribution in [0.15, 0.2) is 49.0 Å². The van der Waals surface area contributed by atoms with Gasteiger partial charge in [0.15, 0.2) is 0 Å². The second-order valence-corrected chi connectivity index (χ2v) is 5.15. The lowest BCUT2D eigenvalue weighted by molar-refractivity contribution is 0.284. The van der Waals surface area contributed by atoms with Gasteiger partial charge >= 0.3 is 0 Å². The van der Waals surface area contributed by atoms with E-state index in [1.165, 1.54) is 11.1 Å². The highest BCUT2D eigenvalue weighted by atomic mass is 16.5. The molecule has 0 heterocycles. The smallest absolute Gasteiger partial charge is 0.128 e. The van der Waals surface area contributed by atoms with Crippen molar-refractivity contribution in [1.82, 2.24) is 0 Å². The lowest BCUT2D eigenvalue weighted by Crippen LogP contribution is -1.93. The maximum atomic E-state index is 8.84. The van der Waals surface area contributed by atoms with E-state index in [4.69, 9.17) is 9.84 Å². The van der Waals surface area contributed by atoms with E-state index in [1.54, 1.807) is 0 Å². The van der Waals surface area contributed by atoms with Gasteiger partial charge in [-0.2, -0.15) is 0 Å². The fourth-order valence-electron chi connectivity index (χ4n) is 2.28. The first-order valence-corrected chi connectivity index (χ1v) is 7.33. The summed E-state index contributed by atoms with van der Waals surface area (Å²) in [4.78, 5) is 0. The Morgan fingerprint density at radius 3 is 2.62 bits per heavy atom. The van der Waals surface area contributed by atoms with Gasteiger partial charge in [-0.25, -0.2) is 0 Å². The second kappa shape index (κ2) is 7.65. The maximum Gasteiger partial charge on any atom is 0.128 e. The zero-order valence-electron chi connectivity index (χ0n) is 12.5. The van der Waals surface area contributed by atoms with Crippen LogP contribution in [0.3, 0.4) is 0 Å². The van der Waals surface area contributed by atoms with E-state index in [1.807, 2.05) is 36.4 Å². The van der Waals surface area contributed by atoms with Crippen molar-refractivity contribution in [2.24, 2.45) is 0 Å². The van der Waals surface area contributed by atoms with Crippen molar-refractivity contribution in [3.63, 3.8) is 0 Å². The Bertz CT molecular complexity index is 602. The molecule has 1 N–H and O–H groups in total. The van der Waals surface area contributed by atoms with Crippen LogP contribution in [0.2, 0.25) is 0 Å². The molecule has 0 aliphatic rings. The molecular weight excluding hydrogens is 260 g/mol. The lowest BCUT2D eigenvalue weighted by atomic mass is 10.0.